The lowest BCUT2D eigenvalue weighted by atomic mass is 10.1. The zero-order chi connectivity index (χ0) is 19.6. The number of rotatable bonds is 5. The van der Waals surface area contributed by atoms with Gasteiger partial charge in [0.15, 0.2) is 5.82 Å². The van der Waals surface area contributed by atoms with Crippen molar-refractivity contribution in [2.75, 3.05) is 26.2 Å². The van der Waals surface area contributed by atoms with Gasteiger partial charge in [0, 0.05) is 37.6 Å². The van der Waals surface area contributed by atoms with E-state index in [9.17, 15) is 0 Å². The highest BCUT2D eigenvalue weighted by molar-refractivity contribution is 7.10. The van der Waals surface area contributed by atoms with Crippen molar-refractivity contribution in [2.45, 2.75) is 38.9 Å². The quantitative estimate of drug-likeness (QED) is 0.662. The standard InChI is InChI=1S/C21H28N6S/c1-21(2,3)27-20(22-23-24-27)19(18-10-7-15-28-18)26-13-11-25(12-14-26)16-17-8-5-4-6-9-17/h4-10,15,19H,11-14,16H2,1-3H3/t19-/m1/s1. The average Bonchev–Trinajstić information content (AvgIpc) is 3.37. The van der Waals surface area contributed by atoms with E-state index in [0.717, 1.165) is 38.5 Å². The summed E-state index contributed by atoms with van der Waals surface area (Å²) in [6, 6.07) is 15.1. The molecule has 0 unspecified atom stereocenters. The Morgan fingerprint density at radius 3 is 2.39 bits per heavy atom. The molecular formula is C21H28N6S. The molecule has 1 aliphatic rings. The van der Waals surface area contributed by atoms with Crippen LogP contribution in [0.3, 0.4) is 0 Å². The number of benzene rings is 1. The molecule has 7 heteroatoms. The topological polar surface area (TPSA) is 50.1 Å². The number of tetrazole rings is 1. The van der Waals surface area contributed by atoms with Crippen molar-refractivity contribution >= 4 is 11.3 Å². The Balaban J connectivity index is 1.53. The van der Waals surface area contributed by atoms with Gasteiger partial charge in [-0.3, -0.25) is 9.80 Å². The zero-order valence-electron chi connectivity index (χ0n) is 16.8. The van der Waals surface area contributed by atoms with E-state index < -0.39 is 0 Å². The second kappa shape index (κ2) is 8.11. The second-order valence-electron chi connectivity index (χ2n) is 8.34. The lowest BCUT2D eigenvalue weighted by Crippen LogP contribution is -2.48. The minimum atomic E-state index is -0.149. The van der Waals surface area contributed by atoms with Gasteiger partial charge < -0.3 is 0 Å². The smallest absolute Gasteiger partial charge is 0.174 e. The van der Waals surface area contributed by atoms with Crippen LogP contribution < -0.4 is 0 Å². The molecule has 2 aromatic heterocycles. The van der Waals surface area contributed by atoms with Crippen molar-refractivity contribution in [3.8, 4) is 0 Å². The minimum absolute atomic E-state index is 0.105. The van der Waals surface area contributed by atoms with Crippen LogP contribution in [-0.2, 0) is 12.1 Å². The summed E-state index contributed by atoms with van der Waals surface area (Å²) in [7, 11) is 0. The Morgan fingerprint density at radius 2 is 1.75 bits per heavy atom. The molecule has 1 saturated heterocycles. The van der Waals surface area contributed by atoms with Gasteiger partial charge in [-0.25, -0.2) is 4.68 Å². The van der Waals surface area contributed by atoms with Gasteiger partial charge in [0.05, 0.1) is 5.54 Å². The number of nitrogens with zero attached hydrogens (tertiary/aromatic N) is 6. The highest BCUT2D eigenvalue weighted by Crippen LogP contribution is 2.33. The first-order valence-electron chi connectivity index (χ1n) is 9.85. The van der Waals surface area contributed by atoms with Gasteiger partial charge in [0.25, 0.3) is 0 Å². The van der Waals surface area contributed by atoms with Crippen LogP contribution in [0.4, 0.5) is 0 Å². The van der Waals surface area contributed by atoms with Crippen molar-refractivity contribution in [1.82, 2.24) is 30.0 Å². The van der Waals surface area contributed by atoms with Gasteiger partial charge in [-0.15, -0.1) is 16.4 Å². The molecule has 0 N–H and O–H groups in total. The van der Waals surface area contributed by atoms with Gasteiger partial charge >= 0.3 is 0 Å². The first-order chi connectivity index (χ1) is 13.5. The van der Waals surface area contributed by atoms with Crippen LogP contribution in [0, 0.1) is 0 Å². The third-order valence-corrected chi connectivity index (χ3v) is 6.13. The van der Waals surface area contributed by atoms with E-state index in [1.54, 1.807) is 11.3 Å². The number of piperazine rings is 1. The molecule has 1 aromatic carbocycles. The van der Waals surface area contributed by atoms with Crippen LogP contribution in [0.1, 0.15) is 43.1 Å². The van der Waals surface area contributed by atoms with Gasteiger partial charge in [-0.1, -0.05) is 36.4 Å². The highest BCUT2D eigenvalue weighted by Gasteiger charge is 2.33. The van der Waals surface area contributed by atoms with Crippen LogP contribution in [0.25, 0.3) is 0 Å². The molecule has 0 spiro atoms. The SMILES string of the molecule is CC(C)(C)n1nnnc1[C@@H](c1cccs1)N1CCN(Cc2ccccc2)CC1. The summed E-state index contributed by atoms with van der Waals surface area (Å²) in [5, 5.41) is 14.9. The molecule has 0 radical (unpaired) electrons. The van der Waals surface area contributed by atoms with Gasteiger partial charge in [0.1, 0.15) is 6.04 Å². The Morgan fingerprint density at radius 1 is 1.00 bits per heavy atom. The maximum Gasteiger partial charge on any atom is 0.174 e. The highest BCUT2D eigenvalue weighted by atomic mass is 32.1. The molecule has 0 aliphatic carbocycles. The third-order valence-electron chi connectivity index (χ3n) is 5.21. The molecule has 28 heavy (non-hydrogen) atoms. The lowest BCUT2D eigenvalue weighted by Gasteiger charge is -2.39. The Labute approximate surface area is 170 Å². The van der Waals surface area contributed by atoms with E-state index >= 15 is 0 Å². The molecule has 3 heterocycles. The summed E-state index contributed by atoms with van der Waals surface area (Å²) < 4.78 is 1.98. The van der Waals surface area contributed by atoms with E-state index in [-0.39, 0.29) is 11.6 Å². The molecule has 148 valence electrons. The zero-order valence-corrected chi connectivity index (χ0v) is 17.6. The van der Waals surface area contributed by atoms with E-state index in [4.69, 9.17) is 0 Å². The van der Waals surface area contributed by atoms with Gasteiger partial charge in [-0.2, -0.15) is 0 Å². The largest absolute Gasteiger partial charge is 0.297 e. The van der Waals surface area contributed by atoms with Crippen molar-refractivity contribution in [1.29, 1.82) is 0 Å². The molecule has 4 rings (SSSR count). The predicted molar refractivity (Wildman–Crippen MR) is 112 cm³/mol. The average molecular weight is 397 g/mol. The maximum atomic E-state index is 4.45. The molecule has 6 nitrogen and oxygen atoms in total. The summed E-state index contributed by atoms with van der Waals surface area (Å²) in [5.74, 6) is 0.937. The van der Waals surface area contributed by atoms with Crippen LogP contribution in [0.15, 0.2) is 47.8 Å². The molecule has 0 saturated carbocycles. The first kappa shape index (κ1) is 19.2. The van der Waals surface area contributed by atoms with Crippen LogP contribution >= 0.6 is 11.3 Å². The van der Waals surface area contributed by atoms with Crippen LogP contribution in [0.2, 0.25) is 0 Å². The van der Waals surface area contributed by atoms with Crippen LogP contribution in [-0.4, -0.2) is 56.2 Å². The van der Waals surface area contributed by atoms with Crippen molar-refractivity contribution in [2.24, 2.45) is 0 Å². The number of thiophene rings is 1. The Hall–Kier alpha value is -2.09. The molecule has 1 fully saturated rings. The molecule has 3 aromatic rings. The summed E-state index contributed by atoms with van der Waals surface area (Å²) in [4.78, 5) is 6.36. The van der Waals surface area contributed by atoms with Crippen LogP contribution in [0.5, 0.6) is 0 Å². The minimum Gasteiger partial charge on any atom is -0.297 e. The fraction of sp³-hybridized carbons (Fsp3) is 0.476. The summed E-state index contributed by atoms with van der Waals surface area (Å²) in [6.45, 7) is 11.6. The Bertz CT molecular complexity index is 860. The van der Waals surface area contributed by atoms with Gasteiger partial charge in [-0.05, 0) is 48.2 Å². The molecular weight excluding hydrogens is 368 g/mol. The van der Waals surface area contributed by atoms with Crippen molar-refractivity contribution in [3.05, 3.63) is 64.1 Å². The first-order valence-corrected chi connectivity index (χ1v) is 10.7. The summed E-state index contributed by atoms with van der Waals surface area (Å²) >= 11 is 1.78. The van der Waals surface area contributed by atoms with Crippen molar-refractivity contribution in [3.63, 3.8) is 0 Å². The van der Waals surface area contributed by atoms with E-state index in [1.165, 1.54) is 10.4 Å². The van der Waals surface area contributed by atoms with Crippen molar-refractivity contribution < 1.29 is 0 Å². The molecule has 0 amide bonds. The molecule has 1 atom stereocenters. The number of hydrogen-bond donors (Lipinski definition) is 0. The fourth-order valence-electron chi connectivity index (χ4n) is 3.78. The van der Waals surface area contributed by atoms with E-state index in [0.29, 0.717) is 0 Å². The predicted octanol–water partition coefficient (Wildman–Crippen LogP) is 3.40. The summed E-state index contributed by atoms with van der Waals surface area (Å²) in [5.41, 5.74) is 1.23. The molecule has 1 aliphatic heterocycles. The number of hydrogen-bond acceptors (Lipinski definition) is 6. The summed E-state index contributed by atoms with van der Waals surface area (Å²) in [6.07, 6.45) is 0. The maximum absolute atomic E-state index is 4.45. The van der Waals surface area contributed by atoms with E-state index in [1.807, 2.05) is 4.68 Å². The Kier molecular flexibility index (Phi) is 5.57. The fourth-order valence-corrected chi connectivity index (χ4v) is 4.64. The monoisotopic (exact) mass is 396 g/mol. The van der Waals surface area contributed by atoms with Gasteiger partial charge in [0.2, 0.25) is 0 Å². The third kappa shape index (κ3) is 4.16. The number of aromatic nitrogens is 4. The van der Waals surface area contributed by atoms with E-state index in [2.05, 4.69) is 93.9 Å². The molecule has 0 bridgehead atoms. The lowest BCUT2D eigenvalue weighted by molar-refractivity contribution is 0.0991. The normalized spacial score (nSPS) is 17.7. The second-order valence-corrected chi connectivity index (χ2v) is 9.31.